The molecule has 2 rings (SSSR count). The van der Waals surface area contributed by atoms with Crippen molar-refractivity contribution in [1.82, 2.24) is 9.55 Å². The summed E-state index contributed by atoms with van der Waals surface area (Å²) in [5.41, 5.74) is 2.67. The number of fused-ring (bicyclic) bond motifs is 1. The zero-order valence-corrected chi connectivity index (χ0v) is 7.17. The van der Waals surface area contributed by atoms with Crippen LogP contribution in [0.15, 0.2) is 6.33 Å². The van der Waals surface area contributed by atoms with Crippen molar-refractivity contribution in [1.29, 1.82) is 0 Å². The normalized spacial score (nSPS) is 23.3. The molecule has 0 spiro atoms. The molecule has 1 aromatic heterocycles. The lowest BCUT2D eigenvalue weighted by atomic mass is 10.0. The lowest BCUT2D eigenvalue weighted by molar-refractivity contribution is 0.431. The van der Waals surface area contributed by atoms with Gasteiger partial charge in [0.25, 0.3) is 0 Å². The van der Waals surface area contributed by atoms with E-state index in [1.165, 1.54) is 30.7 Å². The summed E-state index contributed by atoms with van der Waals surface area (Å²) in [5.74, 6) is 0. The summed E-state index contributed by atoms with van der Waals surface area (Å²) in [6.07, 6.45) is 5.83. The molecule has 0 fully saturated rings. The highest BCUT2D eigenvalue weighted by Gasteiger charge is 2.16. The lowest BCUT2D eigenvalue weighted by Gasteiger charge is -2.21. The van der Waals surface area contributed by atoms with E-state index in [1.54, 1.807) is 0 Å². The van der Waals surface area contributed by atoms with Gasteiger partial charge in [0.15, 0.2) is 0 Å². The largest absolute Gasteiger partial charge is 0.332 e. The fraction of sp³-hybridized carbons (Fsp3) is 0.667. The molecule has 2 nitrogen and oxygen atoms in total. The highest BCUT2D eigenvalue weighted by atomic mass is 15.1. The maximum atomic E-state index is 4.31. The minimum atomic E-state index is 0.667. The van der Waals surface area contributed by atoms with Gasteiger partial charge in [0.2, 0.25) is 0 Å². The first-order valence-electron chi connectivity index (χ1n) is 4.31. The molecule has 11 heavy (non-hydrogen) atoms. The third kappa shape index (κ3) is 0.971. The van der Waals surface area contributed by atoms with E-state index in [4.69, 9.17) is 0 Å². The SMILES string of the molecule is Cc1ncn2c1CCCC2C. The molecule has 1 aromatic rings. The van der Waals surface area contributed by atoms with Crippen LogP contribution in [-0.2, 0) is 6.42 Å². The Balaban J connectivity index is 2.46. The van der Waals surface area contributed by atoms with Gasteiger partial charge in [-0.25, -0.2) is 4.98 Å². The fourth-order valence-corrected chi connectivity index (χ4v) is 1.87. The average Bonchev–Trinajstić information content (AvgIpc) is 2.35. The average molecular weight is 150 g/mol. The molecule has 2 heteroatoms. The molecule has 1 atom stereocenters. The van der Waals surface area contributed by atoms with Crippen molar-refractivity contribution in [2.24, 2.45) is 0 Å². The third-order valence-corrected chi connectivity index (χ3v) is 2.62. The molecule has 0 aromatic carbocycles. The van der Waals surface area contributed by atoms with Gasteiger partial charge < -0.3 is 4.57 Å². The Hall–Kier alpha value is -0.790. The van der Waals surface area contributed by atoms with Crippen molar-refractivity contribution in [3.05, 3.63) is 17.7 Å². The second-order valence-corrected chi connectivity index (χ2v) is 3.43. The topological polar surface area (TPSA) is 17.8 Å². The Labute approximate surface area is 67.3 Å². The van der Waals surface area contributed by atoms with E-state index < -0.39 is 0 Å². The molecule has 0 aliphatic carbocycles. The highest BCUT2D eigenvalue weighted by molar-refractivity contribution is 5.14. The van der Waals surface area contributed by atoms with Crippen molar-refractivity contribution in [2.75, 3.05) is 0 Å². The second-order valence-electron chi connectivity index (χ2n) is 3.43. The van der Waals surface area contributed by atoms with Crippen molar-refractivity contribution in [3.63, 3.8) is 0 Å². The summed E-state index contributed by atoms with van der Waals surface area (Å²) in [4.78, 5) is 4.31. The number of nitrogens with zero attached hydrogens (tertiary/aromatic N) is 2. The predicted molar refractivity (Wildman–Crippen MR) is 44.6 cm³/mol. The first-order chi connectivity index (χ1) is 5.29. The highest BCUT2D eigenvalue weighted by Crippen LogP contribution is 2.25. The molecular formula is C9H14N2. The molecule has 0 saturated carbocycles. The second kappa shape index (κ2) is 2.36. The van der Waals surface area contributed by atoms with E-state index in [9.17, 15) is 0 Å². The zero-order valence-electron chi connectivity index (χ0n) is 7.17. The molecule has 0 bridgehead atoms. The molecule has 2 heterocycles. The summed E-state index contributed by atoms with van der Waals surface area (Å²) in [7, 11) is 0. The third-order valence-electron chi connectivity index (χ3n) is 2.62. The van der Waals surface area contributed by atoms with Crippen molar-refractivity contribution < 1.29 is 0 Å². The Kier molecular flexibility index (Phi) is 1.48. The van der Waals surface area contributed by atoms with Gasteiger partial charge in [-0.3, -0.25) is 0 Å². The van der Waals surface area contributed by atoms with Crippen LogP contribution >= 0.6 is 0 Å². The number of aromatic nitrogens is 2. The summed E-state index contributed by atoms with van der Waals surface area (Å²) in [6.45, 7) is 4.37. The van der Waals surface area contributed by atoms with E-state index in [1.807, 2.05) is 6.33 Å². The van der Waals surface area contributed by atoms with Crippen LogP contribution in [0.5, 0.6) is 0 Å². The van der Waals surface area contributed by atoms with E-state index >= 15 is 0 Å². The van der Waals surface area contributed by atoms with Gasteiger partial charge in [-0.15, -0.1) is 0 Å². The molecule has 1 aliphatic heterocycles. The predicted octanol–water partition coefficient (Wildman–Crippen LogP) is 2.09. The number of imidazole rings is 1. The zero-order chi connectivity index (χ0) is 7.84. The molecule has 0 saturated heterocycles. The van der Waals surface area contributed by atoms with Crippen LogP contribution in [0.25, 0.3) is 0 Å². The number of rotatable bonds is 0. The van der Waals surface area contributed by atoms with Crippen LogP contribution in [0.1, 0.15) is 37.2 Å². The van der Waals surface area contributed by atoms with Crippen molar-refractivity contribution >= 4 is 0 Å². The van der Waals surface area contributed by atoms with E-state index in [0.29, 0.717) is 6.04 Å². The van der Waals surface area contributed by atoms with Gasteiger partial charge in [-0.1, -0.05) is 0 Å². The van der Waals surface area contributed by atoms with Crippen LogP contribution in [0, 0.1) is 6.92 Å². The van der Waals surface area contributed by atoms with Gasteiger partial charge >= 0.3 is 0 Å². The summed E-state index contributed by atoms with van der Waals surface area (Å²) >= 11 is 0. The standard InChI is InChI=1S/C9H14N2/c1-7-4-3-5-9-8(2)10-6-11(7)9/h6-7H,3-5H2,1-2H3. The van der Waals surface area contributed by atoms with Crippen molar-refractivity contribution in [3.8, 4) is 0 Å². The molecule has 0 N–H and O–H groups in total. The first kappa shape index (κ1) is 6.89. The number of aryl methyl sites for hydroxylation is 1. The van der Waals surface area contributed by atoms with E-state index in [-0.39, 0.29) is 0 Å². The number of hydrogen-bond donors (Lipinski definition) is 0. The molecule has 0 amide bonds. The Bertz CT molecular complexity index is 263. The summed E-state index contributed by atoms with van der Waals surface area (Å²) in [5, 5.41) is 0. The van der Waals surface area contributed by atoms with Crippen LogP contribution in [0.2, 0.25) is 0 Å². The van der Waals surface area contributed by atoms with Crippen molar-refractivity contribution in [2.45, 2.75) is 39.2 Å². The Morgan fingerprint density at radius 2 is 2.45 bits per heavy atom. The van der Waals surface area contributed by atoms with Gasteiger partial charge in [0.05, 0.1) is 12.0 Å². The van der Waals surface area contributed by atoms with Gasteiger partial charge in [-0.05, 0) is 33.1 Å². The van der Waals surface area contributed by atoms with Crippen LogP contribution in [0.3, 0.4) is 0 Å². The van der Waals surface area contributed by atoms with Gasteiger partial charge in [0.1, 0.15) is 0 Å². The Morgan fingerprint density at radius 3 is 3.18 bits per heavy atom. The minimum absolute atomic E-state index is 0.667. The van der Waals surface area contributed by atoms with Crippen LogP contribution in [-0.4, -0.2) is 9.55 Å². The van der Waals surface area contributed by atoms with Gasteiger partial charge in [0, 0.05) is 11.7 Å². The maximum Gasteiger partial charge on any atom is 0.0954 e. The maximum absolute atomic E-state index is 4.31. The number of hydrogen-bond acceptors (Lipinski definition) is 1. The quantitative estimate of drug-likeness (QED) is 0.553. The summed E-state index contributed by atoms with van der Waals surface area (Å²) < 4.78 is 2.32. The van der Waals surface area contributed by atoms with E-state index in [2.05, 4.69) is 23.4 Å². The Morgan fingerprint density at radius 1 is 1.64 bits per heavy atom. The molecular weight excluding hydrogens is 136 g/mol. The summed E-state index contributed by atoms with van der Waals surface area (Å²) in [6, 6.07) is 0.667. The lowest BCUT2D eigenvalue weighted by Crippen LogP contribution is -2.14. The molecule has 60 valence electrons. The van der Waals surface area contributed by atoms with Gasteiger partial charge in [-0.2, -0.15) is 0 Å². The fourth-order valence-electron chi connectivity index (χ4n) is 1.87. The molecule has 0 radical (unpaired) electrons. The smallest absolute Gasteiger partial charge is 0.0954 e. The van der Waals surface area contributed by atoms with E-state index in [0.717, 1.165) is 0 Å². The molecule has 1 unspecified atom stereocenters. The monoisotopic (exact) mass is 150 g/mol. The minimum Gasteiger partial charge on any atom is -0.332 e. The van der Waals surface area contributed by atoms with Crippen LogP contribution in [0.4, 0.5) is 0 Å². The molecule has 1 aliphatic rings. The first-order valence-corrected chi connectivity index (χ1v) is 4.31. The van der Waals surface area contributed by atoms with Crippen LogP contribution < -0.4 is 0 Å².